The Morgan fingerprint density at radius 1 is 1.13 bits per heavy atom. The minimum atomic E-state index is -3.25. The molecule has 1 heterocycles. The highest BCUT2D eigenvalue weighted by Crippen LogP contribution is 2.24. The van der Waals surface area contributed by atoms with Crippen LogP contribution in [0.4, 0.5) is 0 Å². The predicted molar refractivity (Wildman–Crippen MR) is 89.6 cm³/mol. The fourth-order valence-corrected chi connectivity index (χ4v) is 4.98. The van der Waals surface area contributed by atoms with Crippen molar-refractivity contribution in [3.05, 3.63) is 35.4 Å². The molecule has 0 radical (unpaired) electrons. The van der Waals surface area contributed by atoms with Crippen molar-refractivity contribution in [2.75, 3.05) is 13.1 Å². The summed E-state index contributed by atoms with van der Waals surface area (Å²) in [5, 5.41) is -0.253. The fourth-order valence-electron chi connectivity index (χ4n) is 3.42. The van der Waals surface area contributed by atoms with Gasteiger partial charge in [0.25, 0.3) is 5.91 Å². The Morgan fingerprint density at radius 2 is 1.83 bits per heavy atom. The highest BCUT2D eigenvalue weighted by atomic mass is 32.2. The first kappa shape index (κ1) is 16.5. The molecule has 0 spiro atoms. The van der Waals surface area contributed by atoms with E-state index >= 15 is 0 Å². The van der Waals surface area contributed by atoms with E-state index < -0.39 is 10.0 Å². The van der Waals surface area contributed by atoms with Crippen LogP contribution in [-0.4, -0.2) is 37.6 Å². The summed E-state index contributed by atoms with van der Waals surface area (Å²) in [7, 11) is -3.25. The Morgan fingerprint density at radius 3 is 2.52 bits per heavy atom. The van der Waals surface area contributed by atoms with Crippen molar-refractivity contribution in [1.29, 1.82) is 0 Å². The number of benzene rings is 1. The molecule has 23 heavy (non-hydrogen) atoms. The van der Waals surface area contributed by atoms with Crippen molar-refractivity contribution >= 4 is 15.9 Å². The normalized spacial score (nSPS) is 19.4. The third-order valence-electron chi connectivity index (χ3n) is 4.79. The number of carbonyl (C=O) groups is 1. The number of nitrogens with one attached hydrogen (secondary N) is 1. The lowest BCUT2D eigenvalue weighted by atomic mass is 10.1. The number of rotatable bonds is 5. The van der Waals surface area contributed by atoms with E-state index in [2.05, 4.69) is 4.72 Å². The number of hydrogen-bond donors (Lipinski definition) is 1. The standard InChI is InChI=1S/C17H24N2O3S/c20-17(19-10-3-4-11-19)15-7-5-6-14(12-15)13-18-23(21,22)16-8-1-2-9-16/h5-7,12,16,18H,1-4,8-11,13H2. The van der Waals surface area contributed by atoms with Gasteiger partial charge in [0.15, 0.2) is 0 Å². The van der Waals surface area contributed by atoms with E-state index in [1.807, 2.05) is 17.0 Å². The van der Waals surface area contributed by atoms with Crippen molar-refractivity contribution in [1.82, 2.24) is 9.62 Å². The van der Waals surface area contributed by atoms with E-state index in [-0.39, 0.29) is 17.7 Å². The van der Waals surface area contributed by atoms with Crippen LogP contribution >= 0.6 is 0 Å². The average Bonchev–Trinajstić information content (AvgIpc) is 3.25. The lowest BCUT2D eigenvalue weighted by Crippen LogP contribution is -2.32. The van der Waals surface area contributed by atoms with Crippen LogP contribution < -0.4 is 4.72 Å². The maximum Gasteiger partial charge on any atom is 0.253 e. The first-order valence-electron chi connectivity index (χ1n) is 8.43. The molecule has 1 amide bonds. The molecule has 1 aromatic carbocycles. The summed E-state index contributed by atoms with van der Waals surface area (Å²) in [5.41, 5.74) is 1.47. The molecule has 1 aromatic rings. The minimum Gasteiger partial charge on any atom is -0.339 e. The maximum absolute atomic E-state index is 12.4. The number of sulfonamides is 1. The van der Waals surface area contributed by atoms with Crippen molar-refractivity contribution < 1.29 is 13.2 Å². The quantitative estimate of drug-likeness (QED) is 0.897. The number of carbonyl (C=O) groups excluding carboxylic acids is 1. The number of amides is 1. The Kier molecular flexibility index (Phi) is 5.02. The Balaban J connectivity index is 1.64. The molecular weight excluding hydrogens is 312 g/mol. The molecule has 126 valence electrons. The summed E-state index contributed by atoms with van der Waals surface area (Å²) >= 11 is 0. The second-order valence-electron chi connectivity index (χ2n) is 6.47. The zero-order chi connectivity index (χ0) is 16.3. The van der Waals surface area contributed by atoms with Gasteiger partial charge in [-0.05, 0) is 43.4 Å². The second-order valence-corrected chi connectivity index (χ2v) is 8.52. The van der Waals surface area contributed by atoms with E-state index in [1.165, 1.54) is 0 Å². The summed E-state index contributed by atoms with van der Waals surface area (Å²) in [5.74, 6) is 0.0444. The zero-order valence-corrected chi connectivity index (χ0v) is 14.1. The SMILES string of the molecule is O=C(c1cccc(CNS(=O)(=O)C2CCCC2)c1)N1CCCC1. The molecule has 2 aliphatic rings. The average molecular weight is 336 g/mol. The molecule has 0 bridgehead atoms. The monoisotopic (exact) mass is 336 g/mol. The Labute approximate surface area is 138 Å². The van der Waals surface area contributed by atoms with Crippen LogP contribution in [0.1, 0.15) is 54.4 Å². The highest BCUT2D eigenvalue weighted by molar-refractivity contribution is 7.90. The van der Waals surface area contributed by atoms with E-state index in [1.54, 1.807) is 12.1 Å². The summed E-state index contributed by atoms with van der Waals surface area (Å²) < 4.78 is 27.2. The molecule has 5 nitrogen and oxygen atoms in total. The molecular formula is C17H24N2O3S. The Hall–Kier alpha value is -1.40. The van der Waals surface area contributed by atoms with Gasteiger partial charge in [-0.15, -0.1) is 0 Å². The van der Waals surface area contributed by atoms with Crippen LogP contribution in [0.15, 0.2) is 24.3 Å². The van der Waals surface area contributed by atoms with Gasteiger partial charge in [-0.3, -0.25) is 4.79 Å². The van der Waals surface area contributed by atoms with E-state index in [4.69, 9.17) is 0 Å². The van der Waals surface area contributed by atoms with Gasteiger partial charge in [0, 0.05) is 25.2 Å². The second kappa shape index (κ2) is 7.01. The maximum atomic E-state index is 12.4. The van der Waals surface area contributed by atoms with Gasteiger partial charge in [0.05, 0.1) is 5.25 Å². The third-order valence-corrected chi connectivity index (χ3v) is 6.68. The van der Waals surface area contributed by atoms with E-state index in [0.29, 0.717) is 5.56 Å². The first-order valence-corrected chi connectivity index (χ1v) is 9.97. The minimum absolute atomic E-state index is 0.0444. The molecule has 0 unspecified atom stereocenters. The van der Waals surface area contributed by atoms with Crippen molar-refractivity contribution in [2.45, 2.75) is 50.3 Å². The van der Waals surface area contributed by atoms with E-state index in [0.717, 1.165) is 57.2 Å². The number of nitrogens with zero attached hydrogens (tertiary/aromatic N) is 1. The van der Waals surface area contributed by atoms with Gasteiger partial charge in [-0.2, -0.15) is 0 Å². The molecule has 0 aromatic heterocycles. The van der Waals surface area contributed by atoms with Crippen molar-refractivity contribution in [2.24, 2.45) is 0 Å². The summed E-state index contributed by atoms with van der Waals surface area (Å²) in [4.78, 5) is 14.3. The zero-order valence-electron chi connectivity index (χ0n) is 13.3. The molecule has 2 fully saturated rings. The van der Waals surface area contributed by atoms with Crippen LogP contribution in [0, 0.1) is 0 Å². The molecule has 1 saturated heterocycles. The summed E-state index contributed by atoms with van der Waals surface area (Å²) in [6, 6.07) is 7.29. The van der Waals surface area contributed by atoms with Crippen LogP contribution in [-0.2, 0) is 16.6 Å². The number of likely N-dealkylation sites (tertiary alicyclic amines) is 1. The highest BCUT2D eigenvalue weighted by Gasteiger charge is 2.28. The van der Waals surface area contributed by atoms with Crippen LogP contribution in [0.2, 0.25) is 0 Å². The Bertz CT molecular complexity index is 660. The van der Waals surface area contributed by atoms with Gasteiger partial charge < -0.3 is 4.90 Å². The predicted octanol–water partition coefficient (Wildman–Crippen LogP) is 2.28. The largest absolute Gasteiger partial charge is 0.339 e. The fraction of sp³-hybridized carbons (Fsp3) is 0.588. The molecule has 1 saturated carbocycles. The van der Waals surface area contributed by atoms with Gasteiger partial charge in [-0.25, -0.2) is 13.1 Å². The molecule has 0 atom stereocenters. The van der Waals surface area contributed by atoms with Crippen molar-refractivity contribution in [3.8, 4) is 0 Å². The van der Waals surface area contributed by atoms with Gasteiger partial charge in [0.1, 0.15) is 0 Å². The third kappa shape index (κ3) is 3.93. The topological polar surface area (TPSA) is 66.5 Å². The lowest BCUT2D eigenvalue weighted by molar-refractivity contribution is 0.0792. The first-order chi connectivity index (χ1) is 11.1. The molecule has 1 N–H and O–H groups in total. The summed E-state index contributed by atoms with van der Waals surface area (Å²) in [6.07, 6.45) is 5.61. The van der Waals surface area contributed by atoms with Crippen LogP contribution in [0.25, 0.3) is 0 Å². The smallest absolute Gasteiger partial charge is 0.253 e. The van der Waals surface area contributed by atoms with Gasteiger partial charge >= 0.3 is 0 Å². The van der Waals surface area contributed by atoms with Gasteiger partial charge in [0.2, 0.25) is 10.0 Å². The van der Waals surface area contributed by atoms with E-state index in [9.17, 15) is 13.2 Å². The number of hydrogen-bond acceptors (Lipinski definition) is 3. The van der Waals surface area contributed by atoms with Crippen LogP contribution in [0.5, 0.6) is 0 Å². The molecule has 3 rings (SSSR count). The summed E-state index contributed by atoms with van der Waals surface area (Å²) in [6.45, 7) is 1.88. The molecule has 6 heteroatoms. The molecule has 1 aliphatic heterocycles. The van der Waals surface area contributed by atoms with Crippen molar-refractivity contribution in [3.63, 3.8) is 0 Å². The lowest BCUT2D eigenvalue weighted by Gasteiger charge is -2.16. The van der Waals surface area contributed by atoms with Crippen LogP contribution in [0.3, 0.4) is 0 Å². The molecule has 1 aliphatic carbocycles. The van der Waals surface area contributed by atoms with Gasteiger partial charge in [-0.1, -0.05) is 25.0 Å².